The van der Waals surface area contributed by atoms with E-state index in [1.54, 1.807) is 26.6 Å². The zero-order chi connectivity index (χ0) is 22.5. The van der Waals surface area contributed by atoms with Crippen LogP contribution in [-0.4, -0.2) is 54.7 Å². The number of likely N-dealkylation sites (tertiary alicyclic amines) is 1. The Hall–Kier alpha value is -3.61. The molecule has 0 radical (unpaired) electrons. The van der Waals surface area contributed by atoms with Crippen LogP contribution in [0.15, 0.2) is 55.4 Å². The predicted molar refractivity (Wildman–Crippen MR) is 123 cm³/mol. The van der Waals surface area contributed by atoms with Gasteiger partial charge in [0.15, 0.2) is 11.5 Å². The molecule has 1 aliphatic heterocycles. The molecule has 1 fully saturated rings. The van der Waals surface area contributed by atoms with Crippen LogP contribution in [0.2, 0.25) is 0 Å². The minimum atomic E-state index is 0.0395. The summed E-state index contributed by atoms with van der Waals surface area (Å²) in [6.45, 7) is 5.43. The van der Waals surface area contributed by atoms with Crippen molar-refractivity contribution >= 4 is 16.8 Å². The van der Waals surface area contributed by atoms with Gasteiger partial charge in [-0.3, -0.25) is 4.79 Å². The Morgan fingerprint density at radius 3 is 2.44 bits per heavy atom. The summed E-state index contributed by atoms with van der Waals surface area (Å²) in [6, 6.07) is 11.1. The number of carbonyl (C=O) groups is 1. The monoisotopic (exact) mass is 433 g/mol. The number of aromatic nitrogens is 2. The second-order valence-electron chi connectivity index (χ2n) is 7.67. The summed E-state index contributed by atoms with van der Waals surface area (Å²) in [5.41, 5.74) is 2.48. The minimum Gasteiger partial charge on any atom is -0.493 e. The van der Waals surface area contributed by atoms with Gasteiger partial charge >= 0.3 is 0 Å². The Kier molecular flexibility index (Phi) is 6.54. The first kappa shape index (κ1) is 21.6. The Balaban J connectivity index is 1.47. The summed E-state index contributed by atoms with van der Waals surface area (Å²) in [5, 5.41) is 0.963. The SMILES string of the molecule is C=CCOc1ccc(C(=O)N2CCC(c3ncnc4cc(OC)c(OC)cc34)CC2)cc1. The van der Waals surface area contributed by atoms with Gasteiger partial charge in [-0.1, -0.05) is 12.7 Å². The molecule has 32 heavy (non-hydrogen) atoms. The van der Waals surface area contributed by atoms with Gasteiger partial charge in [0.1, 0.15) is 18.7 Å². The molecule has 0 N–H and O–H groups in total. The molecule has 0 atom stereocenters. The van der Waals surface area contributed by atoms with Crippen molar-refractivity contribution in [1.82, 2.24) is 14.9 Å². The number of hydrogen-bond acceptors (Lipinski definition) is 6. The fraction of sp³-hybridized carbons (Fsp3) is 0.320. The van der Waals surface area contributed by atoms with Gasteiger partial charge < -0.3 is 19.1 Å². The third-order valence-electron chi connectivity index (χ3n) is 5.81. The van der Waals surface area contributed by atoms with Gasteiger partial charge in [-0.2, -0.15) is 0 Å². The maximum absolute atomic E-state index is 12.9. The van der Waals surface area contributed by atoms with Gasteiger partial charge in [-0.05, 0) is 43.2 Å². The summed E-state index contributed by atoms with van der Waals surface area (Å²) in [7, 11) is 3.23. The van der Waals surface area contributed by atoms with E-state index in [-0.39, 0.29) is 11.8 Å². The molecule has 7 heteroatoms. The van der Waals surface area contributed by atoms with Crippen LogP contribution in [0.3, 0.4) is 0 Å². The lowest BCUT2D eigenvalue weighted by atomic mass is 9.90. The summed E-state index contributed by atoms with van der Waals surface area (Å²) in [5.74, 6) is 2.31. The number of benzene rings is 2. The van der Waals surface area contributed by atoms with Crippen molar-refractivity contribution in [3.63, 3.8) is 0 Å². The van der Waals surface area contributed by atoms with E-state index in [1.165, 1.54) is 0 Å². The molecule has 0 bridgehead atoms. The molecule has 3 aromatic rings. The number of fused-ring (bicyclic) bond motifs is 1. The van der Waals surface area contributed by atoms with E-state index in [0.717, 1.165) is 35.2 Å². The third kappa shape index (κ3) is 4.37. The highest BCUT2D eigenvalue weighted by Crippen LogP contribution is 2.36. The van der Waals surface area contributed by atoms with E-state index in [1.807, 2.05) is 41.3 Å². The molecular weight excluding hydrogens is 406 g/mol. The van der Waals surface area contributed by atoms with Gasteiger partial charge in [-0.15, -0.1) is 0 Å². The molecule has 1 aliphatic rings. The predicted octanol–water partition coefficient (Wildman–Crippen LogP) is 4.23. The Morgan fingerprint density at radius 2 is 1.78 bits per heavy atom. The fourth-order valence-corrected chi connectivity index (χ4v) is 4.12. The normalized spacial score (nSPS) is 14.2. The third-order valence-corrected chi connectivity index (χ3v) is 5.81. The molecule has 1 saturated heterocycles. The van der Waals surface area contributed by atoms with E-state index >= 15 is 0 Å². The quantitative estimate of drug-likeness (QED) is 0.519. The lowest BCUT2D eigenvalue weighted by Crippen LogP contribution is -2.38. The molecule has 2 heterocycles. The zero-order valence-electron chi connectivity index (χ0n) is 18.4. The number of amides is 1. The van der Waals surface area contributed by atoms with E-state index in [9.17, 15) is 4.79 Å². The molecule has 1 amide bonds. The van der Waals surface area contributed by atoms with Crippen LogP contribution in [0.1, 0.15) is 34.8 Å². The first-order valence-electron chi connectivity index (χ1n) is 10.6. The van der Waals surface area contributed by atoms with Crippen molar-refractivity contribution in [2.24, 2.45) is 0 Å². The molecule has 0 spiro atoms. The van der Waals surface area contributed by atoms with Crippen LogP contribution < -0.4 is 14.2 Å². The highest BCUT2D eigenvalue weighted by atomic mass is 16.5. The molecule has 0 saturated carbocycles. The average Bonchev–Trinajstić information content (AvgIpc) is 2.86. The second kappa shape index (κ2) is 9.68. The Morgan fingerprint density at radius 1 is 1.09 bits per heavy atom. The highest BCUT2D eigenvalue weighted by molar-refractivity contribution is 5.94. The largest absolute Gasteiger partial charge is 0.493 e. The number of piperidine rings is 1. The molecule has 7 nitrogen and oxygen atoms in total. The van der Waals surface area contributed by atoms with Crippen molar-refractivity contribution in [2.75, 3.05) is 33.9 Å². The van der Waals surface area contributed by atoms with Gasteiger partial charge in [-0.25, -0.2) is 9.97 Å². The Bertz CT molecular complexity index is 1110. The lowest BCUT2D eigenvalue weighted by molar-refractivity contribution is 0.0712. The molecule has 4 rings (SSSR count). The van der Waals surface area contributed by atoms with Crippen molar-refractivity contribution < 1.29 is 19.0 Å². The van der Waals surface area contributed by atoms with E-state index < -0.39 is 0 Å². The van der Waals surface area contributed by atoms with Crippen molar-refractivity contribution in [3.8, 4) is 17.2 Å². The van der Waals surface area contributed by atoms with Gasteiger partial charge in [0, 0.05) is 36.0 Å². The van der Waals surface area contributed by atoms with E-state index in [4.69, 9.17) is 14.2 Å². The van der Waals surface area contributed by atoms with Crippen LogP contribution >= 0.6 is 0 Å². The fourth-order valence-electron chi connectivity index (χ4n) is 4.12. The van der Waals surface area contributed by atoms with Crippen molar-refractivity contribution in [1.29, 1.82) is 0 Å². The average molecular weight is 434 g/mol. The summed E-state index contributed by atoms with van der Waals surface area (Å²) >= 11 is 0. The zero-order valence-corrected chi connectivity index (χ0v) is 18.4. The molecule has 166 valence electrons. The molecular formula is C25H27N3O4. The number of ether oxygens (including phenoxy) is 3. The number of methoxy groups -OCH3 is 2. The summed E-state index contributed by atoms with van der Waals surface area (Å²) in [6.07, 6.45) is 4.97. The summed E-state index contributed by atoms with van der Waals surface area (Å²) < 4.78 is 16.4. The van der Waals surface area contributed by atoms with Crippen LogP contribution in [0.25, 0.3) is 10.9 Å². The number of rotatable bonds is 7. The van der Waals surface area contributed by atoms with E-state index in [2.05, 4.69) is 16.5 Å². The van der Waals surface area contributed by atoms with Crippen LogP contribution in [0, 0.1) is 0 Å². The first-order chi connectivity index (χ1) is 15.6. The highest BCUT2D eigenvalue weighted by Gasteiger charge is 2.27. The topological polar surface area (TPSA) is 73.8 Å². The van der Waals surface area contributed by atoms with Gasteiger partial charge in [0.2, 0.25) is 0 Å². The number of hydrogen-bond donors (Lipinski definition) is 0. The lowest BCUT2D eigenvalue weighted by Gasteiger charge is -2.32. The van der Waals surface area contributed by atoms with E-state index in [0.29, 0.717) is 36.8 Å². The maximum atomic E-state index is 12.9. The minimum absolute atomic E-state index is 0.0395. The van der Waals surface area contributed by atoms with Crippen molar-refractivity contribution in [2.45, 2.75) is 18.8 Å². The van der Waals surface area contributed by atoms with Crippen molar-refractivity contribution in [3.05, 3.63) is 66.6 Å². The molecule has 2 aromatic carbocycles. The standard InChI is InChI=1S/C25H27N3O4/c1-4-13-32-19-7-5-18(6-8-19)25(29)28-11-9-17(10-12-28)24-20-14-22(30-2)23(31-3)15-21(20)26-16-27-24/h4-8,14-17H,1,9-13H2,2-3H3. The van der Waals surface area contributed by atoms with Gasteiger partial charge in [0.05, 0.1) is 25.4 Å². The molecule has 0 unspecified atom stereocenters. The second-order valence-corrected chi connectivity index (χ2v) is 7.67. The first-order valence-corrected chi connectivity index (χ1v) is 10.6. The summed E-state index contributed by atoms with van der Waals surface area (Å²) in [4.78, 5) is 23.8. The molecule has 0 aliphatic carbocycles. The maximum Gasteiger partial charge on any atom is 0.253 e. The smallest absolute Gasteiger partial charge is 0.253 e. The van der Waals surface area contributed by atoms with Crippen LogP contribution in [0.5, 0.6) is 17.2 Å². The van der Waals surface area contributed by atoms with Crippen LogP contribution in [0.4, 0.5) is 0 Å². The van der Waals surface area contributed by atoms with Gasteiger partial charge in [0.25, 0.3) is 5.91 Å². The van der Waals surface area contributed by atoms with Crippen LogP contribution in [-0.2, 0) is 0 Å². The number of carbonyl (C=O) groups excluding carboxylic acids is 1. The number of nitrogens with zero attached hydrogens (tertiary/aromatic N) is 3. The molecule has 1 aromatic heterocycles. The Labute approximate surface area is 187 Å².